The van der Waals surface area contributed by atoms with Crippen LogP contribution in [0.15, 0.2) is 59.2 Å². The molecular weight excluding hydrogens is 342 g/mol. The monoisotopic (exact) mass is 359 g/mol. The SMILES string of the molecule is CN(C)c1cccc(NC(=O)N/C=C/c2cccc(Br)c2)c1. The number of rotatable bonds is 4. The fraction of sp³-hybridized carbons (Fsp3) is 0.118. The molecule has 0 aliphatic rings. The summed E-state index contributed by atoms with van der Waals surface area (Å²) in [5.41, 5.74) is 2.78. The Morgan fingerprint density at radius 1 is 1.14 bits per heavy atom. The second kappa shape index (κ2) is 7.66. The Balaban J connectivity index is 1.92. The van der Waals surface area contributed by atoms with Crippen molar-refractivity contribution in [1.82, 2.24) is 5.32 Å². The summed E-state index contributed by atoms with van der Waals surface area (Å²) in [4.78, 5) is 13.8. The Hall–Kier alpha value is -2.27. The standard InChI is InChI=1S/C17H18BrN3O/c1-21(2)16-8-4-7-15(12-16)20-17(22)19-10-9-13-5-3-6-14(18)11-13/h3-12H,1-2H3,(H2,19,20,22)/b10-9+. The number of nitrogens with zero attached hydrogens (tertiary/aromatic N) is 1. The van der Waals surface area contributed by atoms with Gasteiger partial charge in [-0.25, -0.2) is 4.79 Å². The highest BCUT2D eigenvalue weighted by Crippen LogP contribution is 2.17. The van der Waals surface area contributed by atoms with E-state index in [1.165, 1.54) is 0 Å². The van der Waals surface area contributed by atoms with Crippen LogP contribution >= 0.6 is 15.9 Å². The van der Waals surface area contributed by atoms with Gasteiger partial charge in [0.25, 0.3) is 0 Å². The fourth-order valence-electron chi connectivity index (χ4n) is 1.85. The van der Waals surface area contributed by atoms with Gasteiger partial charge in [0.05, 0.1) is 0 Å². The van der Waals surface area contributed by atoms with Gasteiger partial charge >= 0.3 is 6.03 Å². The molecule has 0 aliphatic heterocycles. The maximum Gasteiger partial charge on any atom is 0.323 e. The summed E-state index contributed by atoms with van der Waals surface area (Å²) in [6.45, 7) is 0. The van der Waals surface area contributed by atoms with Crippen molar-refractivity contribution in [3.63, 3.8) is 0 Å². The van der Waals surface area contributed by atoms with E-state index in [0.29, 0.717) is 0 Å². The van der Waals surface area contributed by atoms with E-state index < -0.39 is 0 Å². The predicted octanol–water partition coefficient (Wildman–Crippen LogP) is 4.31. The van der Waals surface area contributed by atoms with Crippen molar-refractivity contribution in [2.24, 2.45) is 0 Å². The Labute approximate surface area is 139 Å². The number of carbonyl (C=O) groups excluding carboxylic acids is 1. The van der Waals surface area contributed by atoms with Crippen molar-refractivity contribution < 1.29 is 4.79 Å². The Morgan fingerprint density at radius 3 is 2.64 bits per heavy atom. The largest absolute Gasteiger partial charge is 0.378 e. The number of anilines is 2. The van der Waals surface area contributed by atoms with Crippen LogP contribution in [0.4, 0.5) is 16.2 Å². The van der Waals surface area contributed by atoms with Crippen LogP contribution in [0.3, 0.4) is 0 Å². The van der Waals surface area contributed by atoms with E-state index in [-0.39, 0.29) is 6.03 Å². The van der Waals surface area contributed by atoms with Crippen LogP contribution in [0.5, 0.6) is 0 Å². The molecule has 2 amide bonds. The van der Waals surface area contributed by atoms with Gasteiger partial charge in [-0.1, -0.05) is 34.1 Å². The summed E-state index contributed by atoms with van der Waals surface area (Å²) in [5, 5.41) is 5.49. The lowest BCUT2D eigenvalue weighted by atomic mass is 10.2. The molecule has 0 aromatic heterocycles. The van der Waals surface area contributed by atoms with E-state index in [9.17, 15) is 4.79 Å². The van der Waals surface area contributed by atoms with Crippen LogP contribution < -0.4 is 15.5 Å². The van der Waals surface area contributed by atoms with Gasteiger partial charge in [-0.3, -0.25) is 0 Å². The van der Waals surface area contributed by atoms with Crippen LogP contribution in [0, 0.1) is 0 Å². The van der Waals surface area contributed by atoms with Crippen molar-refractivity contribution in [1.29, 1.82) is 0 Å². The molecule has 0 saturated carbocycles. The molecule has 0 fully saturated rings. The molecule has 4 nitrogen and oxygen atoms in total. The van der Waals surface area contributed by atoms with Gasteiger partial charge in [0.2, 0.25) is 0 Å². The summed E-state index contributed by atoms with van der Waals surface area (Å²) in [7, 11) is 3.92. The van der Waals surface area contributed by atoms with Gasteiger partial charge in [-0.15, -0.1) is 0 Å². The van der Waals surface area contributed by atoms with Crippen LogP contribution in [-0.2, 0) is 0 Å². The molecule has 0 heterocycles. The van der Waals surface area contributed by atoms with Gasteiger partial charge in [0, 0.05) is 36.1 Å². The molecule has 0 unspecified atom stereocenters. The lowest BCUT2D eigenvalue weighted by Crippen LogP contribution is -2.23. The first-order valence-corrected chi connectivity index (χ1v) is 7.61. The van der Waals surface area contributed by atoms with E-state index in [2.05, 4.69) is 26.6 Å². The molecule has 2 rings (SSSR count). The first-order chi connectivity index (χ1) is 10.5. The summed E-state index contributed by atoms with van der Waals surface area (Å²) >= 11 is 3.41. The summed E-state index contributed by atoms with van der Waals surface area (Å²) in [6.07, 6.45) is 3.45. The second-order valence-electron chi connectivity index (χ2n) is 4.93. The second-order valence-corrected chi connectivity index (χ2v) is 5.85. The van der Waals surface area contributed by atoms with E-state index >= 15 is 0 Å². The zero-order chi connectivity index (χ0) is 15.9. The minimum absolute atomic E-state index is 0.276. The van der Waals surface area contributed by atoms with Crippen molar-refractivity contribution in [2.45, 2.75) is 0 Å². The molecule has 0 spiro atoms. The summed E-state index contributed by atoms with van der Waals surface area (Å²) in [6, 6.07) is 15.2. The molecule has 2 N–H and O–H groups in total. The van der Waals surface area contributed by atoms with E-state index in [1.54, 1.807) is 6.20 Å². The van der Waals surface area contributed by atoms with Crippen molar-refractivity contribution >= 4 is 39.4 Å². The Morgan fingerprint density at radius 2 is 1.91 bits per heavy atom. The minimum Gasteiger partial charge on any atom is -0.378 e. The average Bonchev–Trinajstić information content (AvgIpc) is 2.47. The van der Waals surface area contributed by atoms with Gasteiger partial charge in [-0.05, 0) is 42.0 Å². The number of carbonyl (C=O) groups is 1. The third-order valence-electron chi connectivity index (χ3n) is 2.96. The number of urea groups is 1. The average molecular weight is 360 g/mol. The zero-order valence-corrected chi connectivity index (χ0v) is 14.1. The number of halogens is 1. The number of hydrogen-bond donors (Lipinski definition) is 2. The molecule has 0 atom stereocenters. The van der Waals surface area contributed by atoms with Gasteiger partial charge in [0.15, 0.2) is 0 Å². The highest BCUT2D eigenvalue weighted by Gasteiger charge is 2.01. The van der Waals surface area contributed by atoms with Crippen molar-refractivity contribution in [3.8, 4) is 0 Å². The van der Waals surface area contributed by atoms with Crippen molar-refractivity contribution in [2.75, 3.05) is 24.3 Å². The molecule has 5 heteroatoms. The number of amides is 2. The highest BCUT2D eigenvalue weighted by atomic mass is 79.9. The maximum atomic E-state index is 11.9. The molecule has 0 bridgehead atoms. The molecule has 0 saturated heterocycles. The molecule has 0 radical (unpaired) electrons. The number of benzene rings is 2. The van der Waals surface area contributed by atoms with E-state index in [0.717, 1.165) is 21.4 Å². The highest BCUT2D eigenvalue weighted by molar-refractivity contribution is 9.10. The first kappa shape index (κ1) is 16.1. The van der Waals surface area contributed by atoms with Crippen LogP contribution in [0.25, 0.3) is 6.08 Å². The predicted molar refractivity (Wildman–Crippen MR) is 96.1 cm³/mol. The van der Waals surface area contributed by atoms with Gasteiger partial charge in [-0.2, -0.15) is 0 Å². The van der Waals surface area contributed by atoms with Crippen molar-refractivity contribution in [3.05, 3.63) is 64.8 Å². The smallest absolute Gasteiger partial charge is 0.323 e. The lowest BCUT2D eigenvalue weighted by molar-refractivity contribution is 0.255. The quantitative estimate of drug-likeness (QED) is 0.854. The fourth-order valence-corrected chi connectivity index (χ4v) is 2.27. The van der Waals surface area contributed by atoms with E-state index in [4.69, 9.17) is 0 Å². The minimum atomic E-state index is -0.276. The third kappa shape index (κ3) is 4.93. The molecule has 22 heavy (non-hydrogen) atoms. The lowest BCUT2D eigenvalue weighted by Gasteiger charge is -2.13. The normalized spacial score (nSPS) is 10.5. The number of nitrogens with one attached hydrogen (secondary N) is 2. The molecule has 2 aromatic carbocycles. The first-order valence-electron chi connectivity index (χ1n) is 6.81. The number of hydrogen-bond acceptors (Lipinski definition) is 2. The van der Waals surface area contributed by atoms with Crippen LogP contribution in [-0.4, -0.2) is 20.1 Å². The molecule has 0 aliphatic carbocycles. The maximum absolute atomic E-state index is 11.9. The summed E-state index contributed by atoms with van der Waals surface area (Å²) in [5.74, 6) is 0. The summed E-state index contributed by atoms with van der Waals surface area (Å²) < 4.78 is 1.000. The third-order valence-corrected chi connectivity index (χ3v) is 3.45. The molecule has 114 valence electrons. The van der Waals surface area contributed by atoms with Crippen LogP contribution in [0.2, 0.25) is 0 Å². The molecule has 2 aromatic rings. The van der Waals surface area contributed by atoms with Crippen LogP contribution in [0.1, 0.15) is 5.56 Å². The topological polar surface area (TPSA) is 44.4 Å². The Kier molecular flexibility index (Phi) is 5.61. The molecular formula is C17H18BrN3O. The van der Waals surface area contributed by atoms with E-state index in [1.807, 2.05) is 73.6 Å². The van der Waals surface area contributed by atoms with Gasteiger partial charge in [0.1, 0.15) is 0 Å². The Bertz CT molecular complexity index is 683. The zero-order valence-electron chi connectivity index (χ0n) is 12.5. The van der Waals surface area contributed by atoms with Gasteiger partial charge < -0.3 is 15.5 Å².